The Balaban J connectivity index is 1.72. The van der Waals surface area contributed by atoms with E-state index in [0.717, 1.165) is 33.1 Å². The van der Waals surface area contributed by atoms with Gasteiger partial charge in [-0.1, -0.05) is 11.3 Å². The number of nitrogens with zero attached hydrogens (tertiary/aromatic N) is 4. The van der Waals surface area contributed by atoms with Crippen LogP contribution in [0.3, 0.4) is 0 Å². The number of methoxy groups -OCH3 is 3. The highest BCUT2D eigenvalue weighted by molar-refractivity contribution is 7.19. The van der Waals surface area contributed by atoms with E-state index >= 15 is 0 Å². The van der Waals surface area contributed by atoms with Crippen LogP contribution in [-0.4, -0.2) is 53.1 Å². The van der Waals surface area contributed by atoms with Gasteiger partial charge >= 0.3 is 12.1 Å². The smallest absolute Gasteiger partial charge is 0.413 e. The molecule has 1 aliphatic carbocycles. The summed E-state index contributed by atoms with van der Waals surface area (Å²) < 4.78 is 17.0. The Morgan fingerprint density at radius 2 is 1.97 bits per heavy atom. The number of aryl methyl sites for hydroxylation is 1. The molecule has 5 rings (SSSR count). The second kappa shape index (κ2) is 9.18. The molecule has 0 saturated heterocycles. The number of aromatic nitrogens is 4. The number of benzene rings is 1. The predicted molar refractivity (Wildman–Crippen MR) is 129 cm³/mol. The molecule has 0 saturated carbocycles. The van der Waals surface area contributed by atoms with Crippen LogP contribution in [0.5, 0.6) is 5.75 Å². The molecule has 35 heavy (non-hydrogen) atoms. The van der Waals surface area contributed by atoms with Crippen LogP contribution in [0.25, 0.3) is 27.5 Å². The molecule has 3 aromatic heterocycles. The predicted octanol–water partition coefficient (Wildman–Crippen LogP) is 4.13. The molecule has 0 bridgehead atoms. The van der Waals surface area contributed by atoms with Crippen molar-refractivity contribution >= 4 is 28.5 Å². The number of thiazole rings is 1. The van der Waals surface area contributed by atoms with Crippen molar-refractivity contribution in [3.05, 3.63) is 59.5 Å². The van der Waals surface area contributed by atoms with E-state index in [1.165, 1.54) is 32.7 Å². The van der Waals surface area contributed by atoms with Gasteiger partial charge in [-0.15, -0.1) is 0 Å². The summed E-state index contributed by atoms with van der Waals surface area (Å²) in [7, 11) is 4.17. The molecule has 0 spiro atoms. The van der Waals surface area contributed by atoms with E-state index in [4.69, 9.17) is 19.3 Å². The lowest BCUT2D eigenvalue weighted by molar-refractivity contribution is 0.0600. The van der Waals surface area contributed by atoms with Crippen LogP contribution < -0.4 is 10.1 Å². The van der Waals surface area contributed by atoms with E-state index in [0.29, 0.717) is 35.0 Å². The van der Waals surface area contributed by atoms with Gasteiger partial charge in [0, 0.05) is 23.5 Å². The Labute approximate surface area is 204 Å². The summed E-state index contributed by atoms with van der Waals surface area (Å²) in [5.74, 6) is -0.00264. The van der Waals surface area contributed by atoms with Gasteiger partial charge in [-0.25, -0.2) is 19.3 Å². The number of pyridine rings is 1. The summed E-state index contributed by atoms with van der Waals surface area (Å²) in [6.45, 7) is 0. The fraction of sp³-hybridized carbons (Fsp3) is 0.208. The van der Waals surface area contributed by atoms with Gasteiger partial charge in [-0.3, -0.25) is 10.3 Å². The zero-order chi connectivity index (χ0) is 24.5. The van der Waals surface area contributed by atoms with Crippen molar-refractivity contribution in [1.82, 2.24) is 19.7 Å². The Bertz CT molecular complexity index is 1430. The van der Waals surface area contributed by atoms with Gasteiger partial charge in [-0.05, 0) is 43.2 Å². The normalized spacial score (nSPS) is 11.9. The number of anilines is 1. The van der Waals surface area contributed by atoms with Crippen LogP contribution in [0, 0.1) is 0 Å². The molecule has 11 heteroatoms. The number of fused-ring (bicyclic) bond motifs is 3. The maximum absolute atomic E-state index is 12.1. The van der Waals surface area contributed by atoms with Gasteiger partial charge in [0.2, 0.25) is 0 Å². The molecule has 4 aromatic rings. The molecule has 0 aliphatic heterocycles. The first-order valence-corrected chi connectivity index (χ1v) is 11.5. The molecule has 1 aliphatic rings. The number of amides is 1. The minimum Gasteiger partial charge on any atom is -0.494 e. The Kier molecular flexibility index (Phi) is 5.91. The van der Waals surface area contributed by atoms with E-state index in [1.807, 2.05) is 12.1 Å². The SMILES string of the molecule is COC(=O)Nc1nc2c(s1)-c1c(c(-c3cccnc3)nn1-c1ccc(C(=O)OC)cc1OC)CC2. The highest BCUT2D eigenvalue weighted by Crippen LogP contribution is 2.45. The van der Waals surface area contributed by atoms with E-state index in [9.17, 15) is 9.59 Å². The number of hydrogen-bond acceptors (Lipinski definition) is 9. The summed E-state index contributed by atoms with van der Waals surface area (Å²) in [5.41, 5.74) is 5.45. The number of carbonyl (C=O) groups excluding carboxylic acids is 2. The second-order valence-electron chi connectivity index (χ2n) is 7.62. The van der Waals surface area contributed by atoms with Crippen LogP contribution in [0.15, 0.2) is 42.7 Å². The Morgan fingerprint density at radius 3 is 2.69 bits per heavy atom. The summed E-state index contributed by atoms with van der Waals surface area (Å²) in [6.07, 6.45) is 4.31. The molecule has 3 heterocycles. The monoisotopic (exact) mass is 491 g/mol. The van der Waals surface area contributed by atoms with E-state index in [2.05, 4.69) is 15.3 Å². The van der Waals surface area contributed by atoms with Crippen molar-refractivity contribution < 1.29 is 23.8 Å². The lowest BCUT2D eigenvalue weighted by atomic mass is 9.95. The topological polar surface area (TPSA) is 117 Å². The maximum atomic E-state index is 12.1. The highest BCUT2D eigenvalue weighted by atomic mass is 32.1. The number of esters is 1. The van der Waals surface area contributed by atoms with Gasteiger partial charge in [0.25, 0.3) is 0 Å². The highest BCUT2D eigenvalue weighted by Gasteiger charge is 2.31. The zero-order valence-corrected chi connectivity index (χ0v) is 20.0. The third-order valence-electron chi connectivity index (χ3n) is 5.67. The molecule has 0 fully saturated rings. The number of carbonyl (C=O) groups is 2. The quantitative estimate of drug-likeness (QED) is 0.414. The van der Waals surface area contributed by atoms with Crippen molar-refractivity contribution in [2.45, 2.75) is 12.8 Å². The molecule has 1 aromatic carbocycles. The average molecular weight is 492 g/mol. The first kappa shape index (κ1) is 22.5. The standard InChI is InChI=1S/C24H21N5O5S/c1-32-18-11-13(22(30)33-2)6-9-17(18)29-20-15(19(28-29)14-5-4-10-25-12-14)7-8-16-21(20)35-23(26-16)27-24(31)34-3/h4-6,9-12H,7-8H2,1-3H3,(H,26,27,31). The molecule has 1 N–H and O–H groups in total. The van der Waals surface area contributed by atoms with Gasteiger partial charge < -0.3 is 14.2 Å². The lowest BCUT2D eigenvalue weighted by Crippen LogP contribution is -2.10. The number of nitrogens with one attached hydrogen (secondary N) is 1. The lowest BCUT2D eigenvalue weighted by Gasteiger charge is -2.16. The third-order valence-corrected chi connectivity index (χ3v) is 6.69. The fourth-order valence-corrected chi connectivity index (χ4v) is 5.12. The summed E-state index contributed by atoms with van der Waals surface area (Å²) >= 11 is 1.35. The fourth-order valence-electron chi connectivity index (χ4n) is 4.07. The van der Waals surface area contributed by atoms with Gasteiger partial charge in [-0.2, -0.15) is 5.10 Å². The zero-order valence-electron chi connectivity index (χ0n) is 19.2. The second-order valence-corrected chi connectivity index (χ2v) is 8.62. The summed E-state index contributed by atoms with van der Waals surface area (Å²) in [5, 5.41) is 8.07. The number of hydrogen-bond donors (Lipinski definition) is 1. The van der Waals surface area contributed by atoms with Crippen molar-refractivity contribution in [2.24, 2.45) is 0 Å². The molecule has 0 atom stereocenters. The average Bonchev–Trinajstić information content (AvgIpc) is 3.49. The van der Waals surface area contributed by atoms with Gasteiger partial charge in [0.15, 0.2) is 5.13 Å². The van der Waals surface area contributed by atoms with Gasteiger partial charge in [0.1, 0.15) is 11.4 Å². The first-order valence-electron chi connectivity index (χ1n) is 10.7. The molecule has 10 nitrogen and oxygen atoms in total. The maximum Gasteiger partial charge on any atom is 0.413 e. The molecule has 0 unspecified atom stereocenters. The molecular formula is C24H21N5O5S. The van der Waals surface area contributed by atoms with Crippen LogP contribution >= 0.6 is 11.3 Å². The molecule has 0 radical (unpaired) electrons. The summed E-state index contributed by atoms with van der Waals surface area (Å²) in [4.78, 5) is 33.6. The van der Waals surface area contributed by atoms with Crippen molar-refractivity contribution in [1.29, 1.82) is 0 Å². The van der Waals surface area contributed by atoms with E-state index in [-0.39, 0.29) is 0 Å². The third kappa shape index (κ3) is 3.99. The van der Waals surface area contributed by atoms with Gasteiger partial charge in [0.05, 0.1) is 48.9 Å². The number of rotatable bonds is 5. The minimum atomic E-state index is -0.582. The van der Waals surface area contributed by atoms with Crippen LogP contribution in [0.4, 0.5) is 9.93 Å². The van der Waals surface area contributed by atoms with Crippen LogP contribution in [-0.2, 0) is 22.3 Å². The van der Waals surface area contributed by atoms with Crippen LogP contribution in [0.1, 0.15) is 21.6 Å². The van der Waals surface area contributed by atoms with Crippen molar-refractivity contribution in [2.75, 3.05) is 26.6 Å². The Hall–Kier alpha value is -4.25. The van der Waals surface area contributed by atoms with E-state index in [1.54, 1.807) is 35.3 Å². The minimum absolute atomic E-state index is 0.365. The van der Waals surface area contributed by atoms with E-state index < -0.39 is 12.1 Å². The Morgan fingerprint density at radius 1 is 1.11 bits per heavy atom. The van der Waals surface area contributed by atoms with Crippen LogP contribution in [0.2, 0.25) is 0 Å². The largest absolute Gasteiger partial charge is 0.494 e. The first-order chi connectivity index (χ1) is 17.0. The molecule has 1 amide bonds. The van der Waals surface area contributed by atoms with Crippen molar-refractivity contribution in [3.8, 4) is 33.3 Å². The number of ether oxygens (including phenoxy) is 3. The molecule has 178 valence electrons. The van der Waals surface area contributed by atoms with Crippen molar-refractivity contribution in [3.63, 3.8) is 0 Å². The summed E-state index contributed by atoms with van der Waals surface area (Å²) in [6, 6.07) is 8.89. The molecular weight excluding hydrogens is 470 g/mol.